The van der Waals surface area contributed by atoms with Gasteiger partial charge in [-0.2, -0.15) is 4.48 Å². The van der Waals surface area contributed by atoms with Crippen molar-refractivity contribution in [3.8, 4) is 0 Å². The Bertz CT molecular complexity index is 589. The fourth-order valence-corrected chi connectivity index (χ4v) is 3.12. The highest BCUT2D eigenvalue weighted by molar-refractivity contribution is 5.95. The van der Waals surface area contributed by atoms with Gasteiger partial charge in [0, 0.05) is 6.42 Å². The molecule has 1 fully saturated rings. The Labute approximate surface area is 131 Å². The van der Waals surface area contributed by atoms with E-state index in [2.05, 4.69) is 20.8 Å². The first-order chi connectivity index (χ1) is 10.1. The van der Waals surface area contributed by atoms with Crippen LogP contribution in [0.5, 0.6) is 0 Å². The quantitative estimate of drug-likeness (QED) is 0.780. The zero-order valence-electron chi connectivity index (χ0n) is 13.7. The number of quaternary nitrogens is 1. The molecule has 120 valence electrons. The molecule has 1 aliphatic rings. The number of carbonyl (C=O) groups is 2. The lowest BCUT2D eigenvalue weighted by atomic mass is 9.86. The van der Waals surface area contributed by atoms with Gasteiger partial charge in [0.25, 0.3) is 0 Å². The number of nitrogens with zero attached hydrogens (tertiary/aromatic N) is 1. The number of carbonyl (C=O) groups excluding carboxylic acids is 2. The Morgan fingerprint density at radius 2 is 1.77 bits per heavy atom. The fourth-order valence-electron chi connectivity index (χ4n) is 3.12. The summed E-state index contributed by atoms with van der Waals surface area (Å²) < 4.78 is -0.504. The normalized spacial score (nSPS) is 28.6. The van der Waals surface area contributed by atoms with Gasteiger partial charge in [-0.05, 0) is 30.0 Å². The van der Waals surface area contributed by atoms with Crippen molar-refractivity contribution in [2.45, 2.75) is 51.7 Å². The Morgan fingerprint density at radius 1 is 1.23 bits per heavy atom. The number of nitrogens with two attached hydrogens (primary N) is 1. The summed E-state index contributed by atoms with van der Waals surface area (Å²) in [6.45, 7) is 8.24. The molecule has 1 heterocycles. The van der Waals surface area contributed by atoms with Gasteiger partial charge in [-0.15, -0.1) is 0 Å². The number of aliphatic hydroxyl groups excluding tert-OH is 1. The number of imide groups is 1. The third-order valence-electron chi connectivity index (χ3n) is 4.78. The van der Waals surface area contributed by atoms with Crippen LogP contribution < -0.4 is 5.73 Å². The lowest BCUT2D eigenvalue weighted by Crippen LogP contribution is -2.62. The van der Waals surface area contributed by atoms with Crippen LogP contribution in [0.2, 0.25) is 0 Å². The van der Waals surface area contributed by atoms with E-state index in [1.165, 1.54) is 0 Å². The summed E-state index contributed by atoms with van der Waals surface area (Å²) in [6, 6.07) is 6.07. The van der Waals surface area contributed by atoms with Crippen molar-refractivity contribution in [1.82, 2.24) is 0 Å². The van der Waals surface area contributed by atoms with Crippen LogP contribution in [0, 0.1) is 0 Å². The number of aliphatic hydroxyl groups is 1. The van der Waals surface area contributed by atoms with Crippen molar-refractivity contribution in [3.63, 3.8) is 0 Å². The highest BCUT2D eigenvalue weighted by Gasteiger charge is 2.55. The van der Waals surface area contributed by atoms with Crippen LogP contribution in [0.25, 0.3) is 0 Å². The number of rotatable bonds is 1. The molecule has 22 heavy (non-hydrogen) atoms. The van der Waals surface area contributed by atoms with E-state index in [0.29, 0.717) is 12.0 Å². The molecule has 3 N–H and O–H groups in total. The van der Waals surface area contributed by atoms with Crippen LogP contribution in [0.1, 0.15) is 50.0 Å². The molecule has 0 radical (unpaired) electrons. The maximum atomic E-state index is 12.9. The molecule has 1 aromatic carbocycles. The summed E-state index contributed by atoms with van der Waals surface area (Å²) in [5.41, 5.74) is 7.09. The Hall–Kier alpha value is -1.72. The number of hydrogen-bond acceptors (Lipinski definition) is 3. The molecule has 3 atom stereocenters. The van der Waals surface area contributed by atoms with Crippen molar-refractivity contribution in [2.75, 3.05) is 6.54 Å². The lowest BCUT2D eigenvalue weighted by molar-refractivity contribution is -0.779. The van der Waals surface area contributed by atoms with E-state index in [0.717, 1.165) is 5.56 Å². The number of likely N-dealkylation sites (tertiary alicyclic amines) is 1. The highest BCUT2D eigenvalue weighted by atomic mass is 16.3. The molecule has 5 nitrogen and oxygen atoms in total. The zero-order valence-corrected chi connectivity index (χ0v) is 13.7. The molecule has 1 saturated heterocycles. The third kappa shape index (κ3) is 2.55. The molecular formula is C17H25N2O3+. The van der Waals surface area contributed by atoms with Crippen LogP contribution in [-0.2, 0) is 5.41 Å². The SMILES string of the molecule is C[C@@H]1C(O)CC[N+]1(C(N)=O)C(=O)c1ccc(C(C)(C)C)cc1. The molecule has 5 heteroatoms. The Balaban J connectivity index is 2.39. The van der Waals surface area contributed by atoms with Crippen LogP contribution >= 0.6 is 0 Å². The van der Waals surface area contributed by atoms with Gasteiger partial charge in [0.2, 0.25) is 0 Å². The summed E-state index contributed by atoms with van der Waals surface area (Å²) >= 11 is 0. The smallest absolute Gasteiger partial charge is 0.387 e. The van der Waals surface area contributed by atoms with E-state index < -0.39 is 22.7 Å². The predicted molar refractivity (Wildman–Crippen MR) is 84.3 cm³/mol. The zero-order chi connectivity index (χ0) is 16.7. The molecular weight excluding hydrogens is 280 g/mol. The van der Waals surface area contributed by atoms with Crippen molar-refractivity contribution in [2.24, 2.45) is 5.73 Å². The molecule has 0 spiro atoms. The molecule has 3 amide bonds. The molecule has 0 bridgehead atoms. The van der Waals surface area contributed by atoms with E-state index in [1.54, 1.807) is 19.1 Å². The van der Waals surface area contributed by atoms with Gasteiger partial charge in [-0.25, -0.2) is 9.59 Å². The van der Waals surface area contributed by atoms with Gasteiger partial charge in [-0.3, -0.25) is 0 Å². The summed E-state index contributed by atoms with van der Waals surface area (Å²) in [6.07, 6.45) is -0.291. The average molecular weight is 305 g/mol. The van der Waals surface area contributed by atoms with Crippen molar-refractivity contribution in [3.05, 3.63) is 35.4 Å². The second-order valence-electron chi connectivity index (χ2n) is 7.16. The molecule has 0 aliphatic carbocycles. The van der Waals surface area contributed by atoms with Gasteiger partial charge >= 0.3 is 11.9 Å². The van der Waals surface area contributed by atoms with Gasteiger partial charge in [0.1, 0.15) is 12.1 Å². The number of hydrogen-bond donors (Lipinski definition) is 2. The molecule has 0 saturated carbocycles. The van der Waals surface area contributed by atoms with Crippen molar-refractivity contribution in [1.29, 1.82) is 0 Å². The maximum absolute atomic E-state index is 12.9. The predicted octanol–water partition coefficient (Wildman–Crippen LogP) is 2.17. The van der Waals surface area contributed by atoms with Gasteiger partial charge in [0.15, 0.2) is 0 Å². The Morgan fingerprint density at radius 3 is 2.14 bits per heavy atom. The summed E-state index contributed by atoms with van der Waals surface area (Å²) in [5.74, 6) is -0.336. The number of urea groups is 1. The minimum Gasteiger partial charge on any atom is -0.387 e. The minimum atomic E-state index is -0.700. The van der Waals surface area contributed by atoms with Crippen LogP contribution in [-0.4, -0.2) is 40.2 Å². The van der Waals surface area contributed by atoms with Crippen molar-refractivity contribution >= 4 is 11.9 Å². The van der Waals surface area contributed by atoms with E-state index in [1.807, 2.05) is 12.1 Å². The van der Waals surface area contributed by atoms with Crippen LogP contribution in [0.15, 0.2) is 24.3 Å². The first-order valence-corrected chi connectivity index (χ1v) is 7.62. The largest absolute Gasteiger partial charge is 0.422 e. The van der Waals surface area contributed by atoms with Gasteiger partial charge in [-0.1, -0.05) is 32.9 Å². The molecule has 2 rings (SSSR count). The van der Waals surface area contributed by atoms with Gasteiger partial charge in [0.05, 0.1) is 12.1 Å². The van der Waals surface area contributed by atoms with E-state index in [9.17, 15) is 14.7 Å². The van der Waals surface area contributed by atoms with E-state index in [4.69, 9.17) is 5.73 Å². The lowest BCUT2D eigenvalue weighted by Gasteiger charge is -2.31. The number of amides is 3. The summed E-state index contributed by atoms with van der Waals surface area (Å²) in [4.78, 5) is 24.9. The molecule has 1 aromatic rings. The fraction of sp³-hybridized carbons (Fsp3) is 0.529. The first-order valence-electron chi connectivity index (χ1n) is 7.62. The average Bonchev–Trinajstić information content (AvgIpc) is 2.75. The minimum absolute atomic E-state index is 0.00530. The Kier molecular flexibility index (Phi) is 4.15. The van der Waals surface area contributed by atoms with E-state index in [-0.39, 0.29) is 17.9 Å². The topological polar surface area (TPSA) is 80.4 Å². The highest BCUT2D eigenvalue weighted by Crippen LogP contribution is 2.31. The molecule has 0 aromatic heterocycles. The van der Waals surface area contributed by atoms with Gasteiger partial charge < -0.3 is 10.8 Å². The molecule has 1 aliphatic heterocycles. The monoisotopic (exact) mass is 305 g/mol. The maximum Gasteiger partial charge on any atom is 0.422 e. The first kappa shape index (κ1) is 16.6. The summed E-state index contributed by atoms with van der Waals surface area (Å²) in [5, 5.41) is 9.95. The van der Waals surface area contributed by atoms with Crippen LogP contribution in [0.3, 0.4) is 0 Å². The standard InChI is InChI=1S/C17H24N2O3/c1-11-14(20)9-10-19(11,16(18)22)15(21)12-5-7-13(8-6-12)17(2,3)4/h5-8,11,14,20H,9-10H2,1-4H3,(H-,18,22)/p+1/t11-,14?,19?/m1/s1. The van der Waals surface area contributed by atoms with Crippen LogP contribution in [0.4, 0.5) is 4.79 Å². The third-order valence-corrected chi connectivity index (χ3v) is 4.78. The second kappa shape index (κ2) is 5.48. The second-order valence-corrected chi connectivity index (χ2v) is 7.16. The van der Waals surface area contributed by atoms with Crippen molar-refractivity contribution < 1.29 is 19.2 Å². The number of benzene rings is 1. The summed E-state index contributed by atoms with van der Waals surface area (Å²) in [7, 11) is 0. The van der Waals surface area contributed by atoms with E-state index >= 15 is 0 Å². The number of primary amides is 1. The molecule has 2 unspecified atom stereocenters.